The second-order valence-electron chi connectivity index (χ2n) is 4.38. The first-order valence-electron chi connectivity index (χ1n) is 6.38. The first-order valence-corrected chi connectivity index (χ1v) is 6.38. The molecule has 1 aromatic carbocycles. The number of carboxylic acid groups (broad SMARTS) is 1. The monoisotopic (exact) mass is 285 g/mol. The van der Waals surface area contributed by atoms with Crippen molar-refractivity contribution in [2.24, 2.45) is 0 Å². The molecule has 108 valence electrons. The van der Waals surface area contributed by atoms with Crippen LogP contribution in [0.1, 0.15) is 16.1 Å². The van der Waals surface area contributed by atoms with E-state index in [1.165, 1.54) is 16.8 Å². The van der Waals surface area contributed by atoms with Crippen LogP contribution in [0.3, 0.4) is 0 Å². The molecule has 5 nitrogen and oxygen atoms in total. The Morgan fingerprint density at radius 2 is 2.00 bits per heavy atom. The summed E-state index contributed by atoms with van der Waals surface area (Å²) in [6, 6.07) is 10.5. The molecule has 5 heteroatoms. The SMILES string of the molecule is C=CCn1ccc(=O)c(OCc2ccccc2)c1C(=O)O. The first kappa shape index (κ1) is 14.6. The van der Waals surface area contributed by atoms with E-state index in [2.05, 4.69) is 6.58 Å². The summed E-state index contributed by atoms with van der Waals surface area (Å²) in [6.07, 6.45) is 2.97. The van der Waals surface area contributed by atoms with Gasteiger partial charge in [-0.15, -0.1) is 6.58 Å². The van der Waals surface area contributed by atoms with Gasteiger partial charge in [0.25, 0.3) is 0 Å². The molecule has 0 radical (unpaired) electrons. The van der Waals surface area contributed by atoms with Crippen LogP contribution in [-0.4, -0.2) is 15.6 Å². The quantitative estimate of drug-likeness (QED) is 0.827. The van der Waals surface area contributed by atoms with Gasteiger partial charge in [0.05, 0.1) is 0 Å². The summed E-state index contributed by atoms with van der Waals surface area (Å²) in [5.41, 5.74) is 0.231. The summed E-state index contributed by atoms with van der Waals surface area (Å²) < 4.78 is 6.87. The maximum absolute atomic E-state index is 11.9. The molecular formula is C16H15NO4. The van der Waals surface area contributed by atoms with Gasteiger partial charge in [0.15, 0.2) is 11.4 Å². The van der Waals surface area contributed by atoms with Gasteiger partial charge in [-0.2, -0.15) is 0 Å². The third-order valence-electron chi connectivity index (χ3n) is 2.89. The number of rotatable bonds is 6. The Bertz CT molecular complexity index is 704. The van der Waals surface area contributed by atoms with E-state index in [0.717, 1.165) is 5.56 Å². The molecule has 0 aliphatic heterocycles. The van der Waals surface area contributed by atoms with Crippen LogP contribution in [0.15, 0.2) is 60.0 Å². The Morgan fingerprint density at radius 1 is 1.29 bits per heavy atom. The zero-order valence-electron chi connectivity index (χ0n) is 11.4. The predicted octanol–water partition coefficient (Wildman–Crippen LogP) is 2.31. The Kier molecular flexibility index (Phi) is 4.56. The lowest BCUT2D eigenvalue weighted by molar-refractivity contribution is 0.0678. The predicted molar refractivity (Wildman–Crippen MR) is 78.6 cm³/mol. The highest BCUT2D eigenvalue weighted by molar-refractivity contribution is 5.88. The van der Waals surface area contributed by atoms with Crippen molar-refractivity contribution in [3.8, 4) is 5.75 Å². The number of allylic oxidation sites excluding steroid dienone is 1. The standard InChI is InChI=1S/C16H15NO4/c1-2-9-17-10-8-13(18)15(14(17)16(19)20)21-11-12-6-4-3-5-7-12/h2-8,10H,1,9,11H2,(H,19,20). The minimum Gasteiger partial charge on any atom is -0.482 e. The van der Waals surface area contributed by atoms with Gasteiger partial charge in [0.2, 0.25) is 5.43 Å². The number of benzene rings is 1. The Hall–Kier alpha value is -2.82. The molecule has 0 saturated carbocycles. The second kappa shape index (κ2) is 6.56. The topological polar surface area (TPSA) is 68.5 Å². The van der Waals surface area contributed by atoms with Crippen molar-refractivity contribution in [3.63, 3.8) is 0 Å². The van der Waals surface area contributed by atoms with Crippen LogP contribution in [0, 0.1) is 0 Å². The molecular weight excluding hydrogens is 270 g/mol. The number of pyridine rings is 1. The van der Waals surface area contributed by atoms with E-state index in [-0.39, 0.29) is 24.6 Å². The first-order chi connectivity index (χ1) is 10.1. The van der Waals surface area contributed by atoms with Gasteiger partial charge in [0, 0.05) is 18.8 Å². The van der Waals surface area contributed by atoms with E-state index in [9.17, 15) is 14.7 Å². The van der Waals surface area contributed by atoms with Crippen LogP contribution in [0.25, 0.3) is 0 Å². The van der Waals surface area contributed by atoms with Crippen molar-refractivity contribution in [2.45, 2.75) is 13.2 Å². The molecule has 0 aliphatic carbocycles. The van der Waals surface area contributed by atoms with Gasteiger partial charge < -0.3 is 14.4 Å². The minimum absolute atomic E-state index is 0.133. The van der Waals surface area contributed by atoms with Gasteiger partial charge in [-0.3, -0.25) is 4.79 Å². The van der Waals surface area contributed by atoms with E-state index in [0.29, 0.717) is 0 Å². The summed E-state index contributed by atoms with van der Waals surface area (Å²) >= 11 is 0. The maximum atomic E-state index is 11.9. The molecule has 0 bridgehead atoms. The number of aromatic carboxylic acids is 1. The van der Waals surface area contributed by atoms with Crippen molar-refractivity contribution in [1.29, 1.82) is 0 Å². The number of carbonyl (C=O) groups is 1. The van der Waals surface area contributed by atoms with Crippen LogP contribution in [0.2, 0.25) is 0 Å². The fraction of sp³-hybridized carbons (Fsp3) is 0.125. The molecule has 2 rings (SSSR count). The molecule has 0 aliphatic rings. The minimum atomic E-state index is -1.21. The Labute approximate surface area is 121 Å². The molecule has 21 heavy (non-hydrogen) atoms. The molecule has 0 fully saturated rings. The third-order valence-corrected chi connectivity index (χ3v) is 2.89. The lowest BCUT2D eigenvalue weighted by Gasteiger charge is -2.13. The van der Waals surface area contributed by atoms with Crippen LogP contribution in [0.4, 0.5) is 0 Å². The van der Waals surface area contributed by atoms with E-state index in [4.69, 9.17) is 4.74 Å². The highest BCUT2D eigenvalue weighted by Crippen LogP contribution is 2.15. The fourth-order valence-corrected chi connectivity index (χ4v) is 1.94. The molecule has 0 saturated heterocycles. The van der Waals surface area contributed by atoms with Crippen molar-refractivity contribution >= 4 is 5.97 Å². The van der Waals surface area contributed by atoms with Crippen molar-refractivity contribution in [3.05, 3.63) is 76.7 Å². The molecule has 1 heterocycles. The maximum Gasteiger partial charge on any atom is 0.356 e. The van der Waals surface area contributed by atoms with Crippen LogP contribution >= 0.6 is 0 Å². The molecule has 2 aromatic rings. The second-order valence-corrected chi connectivity index (χ2v) is 4.38. The largest absolute Gasteiger partial charge is 0.482 e. The molecule has 0 atom stereocenters. The van der Waals surface area contributed by atoms with Gasteiger partial charge in [-0.25, -0.2) is 4.79 Å². The van der Waals surface area contributed by atoms with Crippen LogP contribution in [-0.2, 0) is 13.2 Å². The lowest BCUT2D eigenvalue weighted by atomic mass is 10.2. The van der Waals surface area contributed by atoms with Gasteiger partial charge in [-0.05, 0) is 5.56 Å². The summed E-state index contributed by atoms with van der Waals surface area (Å²) in [6.45, 7) is 3.98. The fourth-order valence-electron chi connectivity index (χ4n) is 1.94. The third kappa shape index (κ3) is 3.39. The molecule has 0 unspecified atom stereocenters. The number of hydrogen-bond acceptors (Lipinski definition) is 3. The summed E-state index contributed by atoms with van der Waals surface area (Å²) in [4.78, 5) is 23.3. The average Bonchev–Trinajstić information content (AvgIpc) is 2.48. The number of nitrogens with zero attached hydrogens (tertiary/aromatic N) is 1. The zero-order chi connectivity index (χ0) is 15.2. The molecule has 0 spiro atoms. The Morgan fingerprint density at radius 3 is 2.62 bits per heavy atom. The average molecular weight is 285 g/mol. The molecule has 0 amide bonds. The van der Waals surface area contributed by atoms with Crippen molar-refractivity contribution < 1.29 is 14.6 Å². The molecule has 1 N–H and O–H groups in total. The van der Waals surface area contributed by atoms with Gasteiger partial charge in [0.1, 0.15) is 6.61 Å². The smallest absolute Gasteiger partial charge is 0.356 e. The van der Waals surface area contributed by atoms with E-state index < -0.39 is 11.4 Å². The number of carboxylic acids is 1. The lowest BCUT2D eigenvalue weighted by Crippen LogP contribution is -2.20. The molecule has 1 aromatic heterocycles. The zero-order valence-corrected chi connectivity index (χ0v) is 11.4. The number of aromatic nitrogens is 1. The normalized spacial score (nSPS) is 10.1. The number of ether oxygens (including phenoxy) is 1. The Balaban J connectivity index is 2.37. The summed E-state index contributed by atoms with van der Waals surface area (Å²) in [5.74, 6) is -1.37. The highest BCUT2D eigenvalue weighted by Gasteiger charge is 2.18. The summed E-state index contributed by atoms with van der Waals surface area (Å²) in [7, 11) is 0. The highest BCUT2D eigenvalue weighted by atomic mass is 16.5. The number of hydrogen-bond donors (Lipinski definition) is 1. The van der Waals surface area contributed by atoms with E-state index in [1.54, 1.807) is 6.08 Å². The van der Waals surface area contributed by atoms with E-state index >= 15 is 0 Å². The van der Waals surface area contributed by atoms with Crippen LogP contribution < -0.4 is 10.2 Å². The van der Waals surface area contributed by atoms with Gasteiger partial charge in [-0.1, -0.05) is 36.4 Å². The van der Waals surface area contributed by atoms with Crippen LogP contribution in [0.5, 0.6) is 5.75 Å². The van der Waals surface area contributed by atoms with Crippen molar-refractivity contribution in [1.82, 2.24) is 4.57 Å². The summed E-state index contributed by atoms with van der Waals surface area (Å²) in [5, 5.41) is 9.32. The van der Waals surface area contributed by atoms with Crippen molar-refractivity contribution in [2.75, 3.05) is 0 Å². The van der Waals surface area contributed by atoms with E-state index in [1.807, 2.05) is 30.3 Å². The van der Waals surface area contributed by atoms with Gasteiger partial charge >= 0.3 is 5.97 Å².